The van der Waals surface area contributed by atoms with Crippen LogP contribution in [0.2, 0.25) is 0 Å². The van der Waals surface area contributed by atoms with Gasteiger partial charge in [0.1, 0.15) is 0 Å². The lowest BCUT2D eigenvalue weighted by atomic mass is 10.3. The van der Waals surface area contributed by atoms with E-state index in [1.165, 1.54) is 0 Å². The van der Waals surface area contributed by atoms with Crippen molar-refractivity contribution in [3.63, 3.8) is 0 Å². The summed E-state index contributed by atoms with van der Waals surface area (Å²) in [6.07, 6.45) is 0.234. The number of nitrogens with one attached hydrogen (secondary N) is 1. The molecule has 0 aromatic heterocycles. The van der Waals surface area contributed by atoms with Crippen LogP contribution in [0.5, 0.6) is 11.5 Å². The minimum Gasteiger partial charge on any atom is -0.490 e. The van der Waals surface area contributed by atoms with E-state index >= 15 is 0 Å². The van der Waals surface area contributed by atoms with E-state index in [0.717, 1.165) is 6.42 Å². The van der Waals surface area contributed by atoms with Crippen molar-refractivity contribution in [1.82, 2.24) is 0 Å². The summed E-state index contributed by atoms with van der Waals surface area (Å²) < 4.78 is 16.0. The Morgan fingerprint density at radius 3 is 2.72 bits per heavy atom. The number of fused-ring (bicyclic) bond motifs is 1. The summed E-state index contributed by atoms with van der Waals surface area (Å²) in [6.45, 7) is 4.86. The van der Waals surface area contributed by atoms with Crippen LogP contribution in [0.3, 0.4) is 0 Å². The van der Waals surface area contributed by atoms with Crippen molar-refractivity contribution in [2.45, 2.75) is 26.4 Å². The highest BCUT2D eigenvalue weighted by Crippen LogP contribution is 2.32. The van der Waals surface area contributed by atoms with Crippen LogP contribution in [0, 0.1) is 0 Å². The quantitative estimate of drug-likeness (QED) is 0.878. The largest absolute Gasteiger partial charge is 0.490 e. The van der Waals surface area contributed by atoms with E-state index in [1.54, 1.807) is 32.0 Å². The lowest BCUT2D eigenvalue weighted by Crippen LogP contribution is -2.17. The molecule has 0 spiro atoms. The summed E-state index contributed by atoms with van der Waals surface area (Å²) in [5.74, 6) is 1.35. The fourth-order valence-electron chi connectivity index (χ4n) is 1.60. The number of carbonyl (C=O) groups is 1. The zero-order valence-electron chi connectivity index (χ0n) is 10.6. The van der Waals surface area contributed by atoms with Gasteiger partial charge in [0.25, 0.3) is 0 Å². The van der Waals surface area contributed by atoms with Crippen LogP contribution in [0.25, 0.3) is 0 Å². The second-order valence-corrected chi connectivity index (χ2v) is 4.29. The molecular formula is C13H17NO4. The first kappa shape index (κ1) is 12.5. The predicted molar refractivity (Wildman–Crippen MR) is 67.3 cm³/mol. The normalized spacial score (nSPS) is 13.9. The SMILES string of the molecule is CC(C)OC(=O)Nc1ccc2c(c1)OCCCO2. The molecule has 0 radical (unpaired) electrons. The molecule has 0 bridgehead atoms. The first-order chi connectivity index (χ1) is 8.65. The van der Waals surface area contributed by atoms with Crippen LogP contribution < -0.4 is 14.8 Å². The molecule has 0 aliphatic carbocycles. The lowest BCUT2D eigenvalue weighted by molar-refractivity contribution is 0.130. The molecule has 0 atom stereocenters. The molecule has 1 heterocycles. The molecule has 1 aromatic carbocycles. The van der Waals surface area contributed by atoms with E-state index < -0.39 is 6.09 Å². The predicted octanol–water partition coefficient (Wildman–Crippen LogP) is 2.80. The molecule has 1 amide bonds. The summed E-state index contributed by atoms with van der Waals surface area (Å²) in [4.78, 5) is 11.5. The second kappa shape index (κ2) is 5.62. The number of carbonyl (C=O) groups excluding carboxylic acids is 1. The van der Waals surface area contributed by atoms with Crippen LogP contribution >= 0.6 is 0 Å². The van der Waals surface area contributed by atoms with Gasteiger partial charge in [-0.05, 0) is 26.0 Å². The average molecular weight is 251 g/mol. The van der Waals surface area contributed by atoms with Gasteiger partial charge in [-0.1, -0.05) is 0 Å². The van der Waals surface area contributed by atoms with Crippen LogP contribution in [0.1, 0.15) is 20.3 Å². The summed E-state index contributed by atoms with van der Waals surface area (Å²) >= 11 is 0. The number of anilines is 1. The number of hydrogen-bond donors (Lipinski definition) is 1. The van der Waals surface area contributed by atoms with E-state index in [9.17, 15) is 4.79 Å². The summed E-state index contributed by atoms with van der Waals surface area (Å²) in [6, 6.07) is 5.28. The van der Waals surface area contributed by atoms with Crippen LogP contribution in [-0.2, 0) is 4.74 Å². The first-order valence-corrected chi connectivity index (χ1v) is 6.02. The standard InChI is InChI=1S/C13H17NO4/c1-9(2)18-13(15)14-10-4-5-11-12(8-10)17-7-3-6-16-11/h4-5,8-9H,3,6-7H2,1-2H3,(H,14,15). The third-order valence-electron chi connectivity index (χ3n) is 2.34. The van der Waals surface area contributed by atoms with Crippen LogP contribution in [0.15, 0.2) is 18.2 Å². The molecule has 1 aliphatic rings. The van der Waals surface area contributed by atoms with E-state index in [2.05, 4.69) is 5.32 Å². The maximum Gasteiger partial charge on any atom is 0.411 e. The zero-order valence-corrected chi connectivity index (χ0v) is 10.6. The Morgan fingerprint density at radius 2 is 2.00 bits per heavy atom. The third-order valence-corrected chi connectivity index (χ3v) is 2.34. The fourth-order valence-corrected chi connectivity index (χ4v) is 1.60. The Kier molecular flexibility index (Phi) is 3.92. The minimum atomic E-state index is -0.473. The maximum atomic E-state index is 11.5. The molecule has 1 aliphatic heterocycles. The van der Waals surface area contributed by atoms with Crippen molar-refractivity contribution >= 4 is 11.8 Å². The van der Waals surface area contributed by atoms with Gasteiger partial charge < -0.3 is 14.2 Å². The van der Waals surface area contributed by atoms with Gasteiger partial charge in [0.15, 0.2) is 11.5 Å². The Balaban J connectivity index is 2.06. The molecule has 2 rings (SSSR count). The molecular weight excluding hydrogens is 234 g/mol. The second-order valence-electron chi connectivity index (χ2n) is 4.29. The summed E-state index contributed by atoms with van der Waals surface area (Å²) in [5, 5.41) is 2.65. The van der Waals surface area contributed by atoms with Gasteiger partial charge in [-0.15, -0.1) is 0 Å². The first-order valence-electron chi connectivity index (χ1n) is 6.02. The molecule has 0 fully saturated rings. The number of ether oxygens (including phenoxy) is 3. The van der Waals surface area contributed by atoms with Crippen molar-refractivity contribution in [3.8, 4) is 11.5 Å². The number of hydrogen-bond acceptors (Lipinski definition) is 4. The van der Waals surface area contributed by atoms with E-state index in [0.29, 0.717) is 30.4 Å². The number of rotatable bonds is 2. The van der Waals surface area contributed by atoms with Gasteiger partial charge in [-0.25, -0.2) is 4.79 Å². The Morgan fingerprint density at radius 1 is 1.28 bits per heavy atom. The van der Waals surface area contributed by atoms with Crippen molar-refractivity contribution in [2.75, 3.05) is 18.5 Å². The van der Waals surface area contributed by atoms with Gasteiger partial charge in [-0.3, -0.25) is 5.32 Å². The highest BCUT2D eigenvalue weighted by molar-refractivity contribution is 5.85. The Hall–Kier alpha value is -1.91. The minimum absolute atomic E-state index is 0.148. The smallest absolute Gasteiger partial charge is 0.411 e. The Bertz CT molecular complexity index is 431. The zero-order chi connectivity index (χ0) is 13.0. The van der Waals surface area contributed by atoms with Crippen molar-refractivity contribution in [2.24, 2.45) is 0 Å². The third kappa shape index (κ3) is 3.29. The number of benzene rings is 1. The van der Waals surface area contributed by atoms with Crippen LogP contribution in [-0.4, -0.2) is 25.4 Å². The summed E-state index contributed by atoms with van der Waals surface area (Å²) in [5.41, 5.74) is 0.630. The number of amides is 1. The molecule has 0 saturated heterocycles. The molecule has 1 aromatic rings. The Labute approximate surface area is 106 Å². The van der Waals surface area contributed by atoms with Crippen molar-refractivity contribution in [1.29, 1.82) is 0 Å². The summed E-state index contributed by atoms with van der Waals surface area (Å²) in [7, 11) is 0. The molecule has 5 heteroatoms. The molecule has 0 unspecified atom stereocenters. The molecule has 5 nitrogen and oxygen atoms in total. The van der Waals surface area contributed by atoms with E-state index in [4.69, 9.17) is 14.2 Å². The fraction of sp³-hybridized carbons (Fsp3) is 0.462. The molecule has 98 valence electrons. The highest BCUT2D eigenvalue weighted by atomic mass is 16.6. The molecule has 0 saturated carbocycles. The monoisotopic (exact) mass is 251 g/mol. The van der Waals surface area contributed by atoms with E-state index in [1.807, 2.05) is 0 Å². The lowest BCUT2D eigenvalue weighted by Gasteiger charge is -2.12. The van der Waals surface area contributed by atoms with Gasteiger partial charge >= 0.3 is 6.09 Å². The van der Waals surface area contributed by atoms with Gasteiger partial charge in [0.2, 0.25) is 0 Å². The molecule has 18 heavy (non-hydrogen) atoms. The average Bonchev–Trinajstić information content (AvgIpc) is 2.52. The van der Waals surface area contributed by atoms with Gasteiger partial charge in [-0.2, -0.15) is 0 Å². The highest BCUT2D eigenvalue weighted by Gasteiger charge is 2.12. The topological polar surface area (TPSA) is 56.8 Å². The van der Waals surface area contributed by atoms with E-state index in [-0.39, 0.29) is 6.10 Å². The molecule has 1 N–H and O–H groups in total. The van der Waals surface area contributed by atoms with Crippen molar-refractivity contribution < 1.29 is 19.0 Å². The van der Waals surface area contributed by atoms with Gasteiger partial charge in [0.05, 0.1) is 19.3 Å². The van der Waals surface area contributed by atoms with Crippen LogP contribution in [0.4, 0.5) is 10.5 Å². The van der Waals surface area contributed by atoms with Crippen molar-refractivity contribution in [3.05, 3.63) is 18.2 Å². The maximum absolute atomic E-state index is 11.5. The van der Waals surface area contributed by atoms with Gasteiger partial charge in [0, 0.05) is 18.2 Å².